The molecule has 1 aromatic rings. The van der Waals surface area contributed by atoms with Crippen molar-refractivity contribution in [2.45, 2.75) is 6.92 Å². The van der Waals surface area contributed by atoms with Crippen LogP contribution in [0.25, 0.3) is 0 Å². The van der Waals surface area contributed by atoms with E-state index in [1.54, 1.807) is 12.1 Å². The molecule has 0 fully saturated rings. The van der Waals surface area contributed by atoms with Crippen LogP contribution in [0, 0.1) is 6.92 Å². The Kier molecular flexibility index (Phi) is 2.40. The van der Waals surface area contributed by atoms with Gasteiger partial charge in [0.2, 0.25) is 0 Å². The topological polar surface area (TPSA) is 81.5 Å². The van der Waals surface area contributed by atoms with E-state index in [0.29, 0.717) is 17.1 Å². The van der Waals surface area contributed by atoms with Crippen LogP contribution in [0.4, 0.5) is 11.4 Å². The van der Waals surface area contributed by atoms with Crippen LogP contribution in [0.5, 0.6) is 5.75 Å². The van der Waals surface area contributed by atoms with Crippen LogP contribution in [-0.4, -0.2) is 11.9 Å². The summed E-state index contributed by atoms with van der Waals surface area (Å²) in [5.41, 5.74) is 13.2. The standard InChI is InChI=1S/C8H12N2O2/c1-5-2-7(10)8(12-4-11)3-6(5)9/h2-3,11H,4,9-10H2,1H3. The fraction of sp³-hybridized carbons (Fsp3) is 0.250. The Morgan fingerprint density at radius 2 is 2.00 bits per heavy atom. The van der Waals surface area contributed by atoms with Crippen LogP contribution in [0.1, 0.15) is 5.56 Å². The number of hydrogen-bond acceptors (Lipinski definition) is 4. The van der Waals surface area contributed by atoms with Gasteiger partial charge < -0.3 is 21.3 Å². The minimum Gasteiger partial charge on any atom is -0.466 e. The molecule has 0 saturated carbocycles. The molecule has 0 aromatic heterocycles. The third-order valence-electron chi connectivity index (χ3n) is 1.62. The van der Waals surface area contributed by atoms with Gasteiger partial charge in [-0.15, -0.1) is 0 Å². The average Bonchev–Trinajstić information content (AvgIpc) is 2.01. The van der Waals surface area contributed by atoms with Gasteiger partial charge in [0.25, 0.3) is 0 Å². The van der Waals surface area contributed by atoms with Crippen LogP contribution < -0.4 is 16.2 Å². The number of hydrogen-bond donors (Lipinski definition) is 3. The number of aliphatic hydroxyl groups excluding tert-OH is 1. The lowest BCUT2D eigenvalue weighted by Gasteiger charge is -2.08. The van der Waals surface area contributed by atoms with Crippen molar-refractivity contribution in [2.75, 3.05) is 18.3 Å². The van der Waals surface area contributed by atoms with Crippen molar-refractivity contribution in [2.24, 2.45) is 0 Å². The third-order valence-corrected chi connectivity index (χ3v) is 1.62. The van der Waals surface area contributed by atoms with Gasteiger partial charge in [0.15, 0.2) is 6.79 Å². The van der Waals surface area contributed by atoms with E-state index >= 15 is 0 Å². The summed E-state index contributed by atoms with van der Waals surface area (Å²) in [4.78, 5) is 0. The number of benzene rings is 1. The molecule has 0 radical (unpaired) electrons. The number of anilines is 2. The number of aryl methyl sites for hydroxylation is 1. The van der Waals surface area contributed by atoms with Crippen molar-refractivity contribution < 1.29 is 9.84 Å². The molecule has 5 N–H and O–H groups in total. The highest BCUT2D eigenvalue weighted by Crippen LogP contribution is 2.26. The van der Waals surface area contributed by atoms with Gasteiger partial charge in [0, 0.05) is 11.8 Å². The number of nitrogens with two attached hydrogens (primary N) is 2. The van der Waals surface area contributed by atoms with Crippen LogP contribution in [-0.2, 0) is 0 Å². The Morgan fingerprint density at radius 1 is 1.33 bits per heavy atom. The molecule has 0 aliphatic carbocycles. The third kappa shape index (κ3) is 1.60. The quantitative estimate of drug-likeness (QED) is 0.443. The second-order valence-electron chi connectivity index (χ2n) is 2.52. The van der Waals surface area contributed by atoms with Gasteiger partial charge in [-0.2, -0.15) is 0 Å². The zero-order chi connectivity index (χ0) is 9.14. The van der Waals surface area contributed by atoms with Crippen molar-refractivity contribution in [1.82, 2.24) is 0 Å². The van der Waals surface area contributed by atoms with E-state index in [1.807, 2.05) is 6.92 Å². The lowest BCUT2D eigenvalue weighted by Crippen LogP contribution is -2.01. The van der Waals surface area contributed by atoms with Gasteiger partial charge in [-0.1, -0.05) is 0 Å². The van der Waals surface area contributed by atoms with E-state index in [2.05, 4.69) is 0 Å². The Hall–Kier alpha value is -1.42. The maximum atomic E-state index is 8.49. The molecule has 1 rings (SSSR count). The Morgan fingerprint density at radius 3 is 2.58 bits per heavy atom. The van der Waals surface area contributed by atoms with E-state index in [-0.39, 0.29) is 0 Å². The van der Waals surface area contributed by atoms with Crippen LogP contribution in [0.15, 0.2) is 12.1 Å². The molecule has 0 spiro atoms. The minimum atomic E-state index is -0.396. The van der Waals surface area contributed by atoms with Crippen molar-refractivity contribution in [3.8, 4) is 5.75 Å². The van der Waals surface area contributed by atoms with E-state index < -0.39 is 6.79 Å². The molecule has 4 nitrogen and oxygen atoms in total. The summed E-state index contributed by atoms with van der Waals surface area (Å²) in [6.45, 7) is 1.46. The molecule has 12 heavy (non-hydrogen) atoms. The van der Waals surface area contributed by atoms with Crippen molar-refractivity contribution in [3.63, 3.8) is 0 Å². The number of nitrogen functional groups attached to an aromatic ring is 2. The maximum Gasteiger partial charge on any atom is 0.186 e. The van der Waals surface area contributed by atoms with Crippen molar-refractivity contribution in [1.29, 1.82) is 0 Å². The van der Waals surface area contributed by atoms with Gasteiger partial charge >= 0.3 is 0 Å². The second kappa shape index (κ2) is 3.32. The molecule has 0 atom stereocenters. The Bertz CT molecular complexity index is 287. The first-order valence-electron chi connectivity index (χ1n) is 3.54. The summed E-state index contributed by atoms with van der Waals surface area (Å²) >= 11 is 0. The normalized spacial score (nSPS) is 9.83. The minimum absolute atomic E-state index is 0.396. The van der Waals surface area contributed by atoms with E-state index in [0.717, 1.165) is 5.56 Å². The van der Waals surface area contributed by atoms with Crippen LogP contribution in [0.2, 0.25) is 0 Å². The number of rotatable bonds is 2. The smallest absolute Gasteiger partial charge is 0.186 e. The summed E-state index contributed by atoms with van der Waals surface area (Å²) < 4.78 is 4.82. The van der Waals surface area contributed by atoms with Crippen LogP contribution >= 0.6 is 0 Å². The molecule has 0 bridgehead atoms. The summed E-state index contributed by atoms with van der Waals surface area (Å²) in [7, 11) is 0. The fourth-order valence-electron chi connectivity index (χ4n) is 0.921. The predicted octanol–water partition coefficient (Wildman–Crippen LogP) is 0.488. The van der Waals surface area contributed by atoms with Crippen LogP contribution in [0.3, 0.4) is 0 Å². The van der Waals surface area contributed by atoms with Gasteiger partial charge in [0.05, 0.1) is 5.69 Å². The van der Waals surface area contributed by atoms with Crippen molar-refractivity contribution in [3.05, 3.63) is 17.7 Å². The molecule has 66 valence electrons. The van der Waals surface area contributed by atoms with E-state index in [9.17, 15) is 0 Å². The maximum absolute atomic E-state index is 8.49. The molecular weight excluding hydrogens is 156 g/mol. The van der Waals surface area contributed by atoms with Gasteiger partial charge in [-0.3, -0.25) is 0 Å². The average molecular weight is 168 g/mol. The second-order valence-corrected chi connectivity index (χ2v) is 2.52. The zero-order valence-electron chi connectivity index (χ0n) is 6.87. The Labute approximate surface area is 70.7 Å². The molecule has 0 heterocycles. The summed E-state index contributed by atoms with van der Waals surface area (Å²) in [6.07, 6.45) is 0. The lowest BCUT2D eigenvalue weighted by atomic mass is 10.2. The molecular formula is C8H12N2O2. The summed E-state index contributed by atoms with van der Waals surface area (Å²) in [5, 5.41) is 8.49. The highest BCUT2D eigenvalue weighted by Gasteiger charge is 2.02. The zero-order valence-corrected chi connectivity index (χ0v) is 6.87. The monoisotopic (exact) mass is 168 g/mol. The highest BCUT2D eigenvalue weighted by molar-refractivity contribution is 5.63. The first-order chi connectivity index (χ1) is 5.65. The molecule has 1 aromatic carbocycles. The molecule has 0 aliphatic rings. The fourth-order valence-corrected chi connectivity index (χ4v) is 0.921. The SMILES string of the molecule is Cc1cc(N)c(OCO)cc1N. The summed E-state index contributed by atoms with van der Waals surface area (Å²) in [5.74, 6) is 0.417. The lowest BCUT2D eigenvalue weighted by molar-refractivity contribution is 0.0993. The molecule has 0 amide bonds. The van der Waals surface area contributed by atoms with E-state index in [4.69, 9.17) is 21.3 Å². The van der Waals surface area contributed by atoms with E-state index in [1.165, 1.54) is 0 Å². The van der Waals surface area contributed by atoms with Gasteiger partial charge in [-0.05, 0) is 18.6 Å². The molecule has 0 aliphatic heterocycles. The van der Waals surface area contributed by atoms with Crippen molar-refractivity contribution >= 4 is 11.4 Å². The predicted molar refractivity (Wildman–Crippen MR) is 47.7 cm³/mol. The largest absolute Gasteiger partial charge is 0.466 e. The Balaban J connectivity index is 3.05. The highest BCUT2D eigenvalue weighted by atomic mass is 16.6. The number of aliphatic hydroxyl groups is 1. The molecule has 4 heteroatoms. The van der Waals surface area contributed by atoms with Gasteiger partial charge in [-0.25, -0.2) is 0 Å². The molecule has 0 unspecified atom stereocenters. The first-order valence-corrected chi connectivity index (χ1v) is 3.54. The first kappa shape index (κ1) is 8.67. The number of ether oxygens (including phenoxy) is 1. The van der Waals surface area contributed by atoms with Gasteiger partial charge in [0.1, 0.15) is 5.75 Å². The molecule has 0 saturated heterocycles. The summed E-state index contributed by atoms with van der Waals surface area (Å²) in [6, 6.07) is 3.31.